The summed E-state index contributed by atoms with van der Waals surface area (Å²) in [5.74, 6) is 1.19. The highest BCUT2D eigenvalue weighted by Crippen LogP contribution is 2.40. The quantitative estimate of drug-likeness (QED) is 0.723. The van der Waals surface area contributed by atoms with Crippen molar-refractivity contribution in [2.75, 3.05) is 7.11 Å². The molecule has 140 valence electrons. The molecule has 27 heavy (non-hydrogen) atoms. The van der Waals surface area contributed by atoms with E-state index in [1.54, 1.807) is 18.0 Å². The van der Waals surface area contributed by atoms with Gasteiger partial charge in [-0.2, -0.15) is 5.10 Å². The van der Waals surface area contributed by atoms with Crippen molar-refractivity contribution in [2.24, 2.45) is 7.05 Å². The summed E-state index contributed by atoms with van der Waals surface area (Å²) in [5.41, 5.74) is 3.48. The molecule has 6 heteroatoms. The maximum atomic E-state index is 13.1. The van der Waals surface area contributed by atoms with E-state index >= 15 is 0 Å². The minimum absolute atomic E-state index is 0.0623. The number of carbonyl (C=O) groups excluding carboxylic acids is 1. The second kappa shape index (κ2) is 7.02. The maximum absolute atomic E-state index is 13.1. The minimum Gasteiger partial charge on any atom is -0.497 e. The van der Waals surface area contributed by atoms with E-state index < -0.39 is 0 Å². The molecule has 2 heterocycles. The molecule has 0 bridgehead atoms. The number of hydrogen-bond donors (Lipinski definition) is 1. The van der Waals surface area contributed by atoms with Gasteiger partial charge in [-0.3, -0.25) is 9.48 Å². The predicted molar refractivity (Wildman–Crippen MR) is 104 cm³/mol. The van der Waals surface area contributed by atoms with E-state index in [4.69, 9.17) is 9.72 Å². The molecule has 0 aliphatic heterocycles. The van der Waals surface area contributed by atoms with Crippen molar-refractivity contribution in [1.82, 2.24) is 20.1 Å². The Balaban J connectivity index is 1.65. The zero-order chi connectivity index (χ0) is 19.0. The molecule has 1 fully saturated rings. The molecule has 1 aromatic carbocycles. The molecule has 1 atom stereocenters. The molecule has 0 saturated heterocycles. The molecule has 1 amide bonds. The lowest BCUT2D eigenvalue weighted by Gasteiger charge is -2.18. The zero-order valence-electron chi connectivity index (χ0n) is 15.9. The number of aryl methyl sites for hydroxylation is 1. The highest BCUT2D eigenvalue weighted by Gasteiger charge is 2.28. The third-order valence-corrected chi connectivity index (χ3v) is 5.20. The minimum atomic E-state index is -0.0834. The van der Waals surface area contributed by atoms with Crippen LogP contribution in [-0.2, 0) is 7.05 Å². The summed E-state index contributed by atoms with van der Waals surface area (Å²) in [6, 6.07) is 9.71. The first-order chi connectivity index (χ1) is 13.1. The van der Waals surface area contributed by atoms with Crippen molar-refractivity contribution in [3.8, 4) is 5.75 Å². The van der Waals surface area contributed by atoms with Gasteiger partial charge in [-0.05, 0) is 43.0 Å². The third-order valence-electron chi connectivity index (χ3n) is 5.20. The van der Waals surface area contributed by atoms with Crippen LogP contribution in [0.4, 0.5) is 0 Å². The molecule has 1 aliphatic rings. The van der Waals surface area contributed by atoms with E-state index in [0.717, 1.165) is 47.3 Å². The Labute approximate surface area is 158 Å². The average Bonchev–Trinajstić information content (AvgIpc) is 3.49. The van der Waals surface area contributed by atoms with Gasteiger partial charge in [-0.1, -0.05) is 19.1 Å². The molecular formula is C21H24N4O2. The largest absolute Gasteiger partial charge is 0.497 e. The molecule has 4 rings (SSSR count). The van der Waals surface area contributed by atoms with Crippen molar-refractivity contribution >= 4 is 16.9 Å². The number of carbonyl (C=O) groups is 1. The van der Waals surface area contributed by atoms with Crippen LogP contribution in [0.1, 0.15) is 59.8 Å². The van der Waals surface area contributed by atoms with Crippen LogP contribution < -0.4 is 10.1 Å². The van der Waals surface area contributed by atoms with Crippen LogP contribution in [0.25, 0.3) is 11.0 Å². The number of nitrogens with one attached hydrogen (secondary N) is 1. The molecular weight excluding hydrogens is 340 g/mol. The second-order valence-corrected chi connectivity index (χ2v) is 7.08. The third kappa shape index (κ3) is 3.39. The van der Waals surface area contributed by atoms with Crippen molar-refractivity contribution in [3.63, 3.8) is 0 Å². The smallest absolute Gasteiger partial charge is 0.252 e. The fourth-order valence-electron chi connectivity index (χ4n) is 3.40. The number of amides is 1. The van der Waals surface area contributed by atoms with Crippen molar-refractivity contribution in [1.29, 1.82) is 0 Å². The SMILES string of the molecule is CCC(NC(=O)c1cc(C2CC2)nc2c1cnn2C)c1ccc(OC)cc1. The highest BCUT2D eigenvalue weighted by atomic mass is 16.5. The maximum Gasteiger partial charge on any atom is 0.252 e. The zero-order valence-corrected chi connectivity index (χ0v) is 15.9. The van der Waals surface area contributed by atoms with Gasteiger partial charge in [-0.25, -0.2) is 4.98 Å². The number of fused-ring (bicyclic) bond motifs is 1. The molecule has 2 aromatic heterocycles. The highest BCUT2D eigenvalue weighted by molar-refractivity contribution is 6.05. The van der Waals surface area contributed by atoms with Crippen molar-refractivity contribution in [3.05, 3.63) is 53.3 Å². The summed E-state index contributed by atoms with van der Waals surface area (Å²) in [5, 5.41) is 8.27. The Morgan fingerprint density at radius 1 is 1.33 bits per heavy atom. The summed E-state index contributed by atoms with van der Waals surface area (Å²) in [6.45, 7) is 2.07. The molecule has 6 nitrogen and oxygen atoms in total. The standard InChI is InChI=1S/C21H24N4O2/c1-4-18(13-7-9-15(27-3)10-8-13)24-21(26)16-11-19(14-5-6-14)23-20-17(16)12-22-25(20)2/h7-12,14,18H,4-6H2,1-3H3,(H,24,26). The van der Waals surface area contributed by atoms with Gasteiger partial charge >= 0.3 is 0 Å². The van der Waals surface area contributed by atoms with Gasteiger partial charge in [0.15, 0.2) is 5.65 Å². The Morgan fingerprint density at radius 2 is 2.07 bits per heavy atom. The summed E-state index contributed by atoms with van der Waals surface area (Å²) >= 11 is 0. The van der Waals surface area contributed by atoms with Crippen molar-refractivity contribution in [2.45, 2.75) is 38.1 Å². The number of aromatic nitrogens is 3. The van der Waals surface area contributed by atoms with E-state index in [2.05, 4.69) is 17.3 Å². The Kier molecular flexibility index (Phi) is 4.56. The lowest BCUT2D eigenvalue weighted by Crippen LogP contribution is -2.28. The van der Waals surface area contributed by atoms with Gasteiger partial charge < -0.3 is 10.1 Å². The molecule has 1 saturated carbocycles. The number of benzene rings is 1. The first-order valence-corrected chi connectivity index (χ1v) is 9.38. The first kappa shape index (κ1) is 17.5. The van der Waals surface area contributed by atoms with E-state index in [-0.39, 0.29) is 11.9 Å². The molecule has 0 spiro atoms. The predicted octanol–water partition coefficient (Wildman–Crippen LogP) is 3.74. The fourth-order valence-corrected chi connectivity index (χ4v) is 3.40. The number of nitrogens with zero attached hydrogens (tertiary/aromatic N) is 3. The first-order valence-electron chi connectivity index (χ1n) is 9.38. The number of methoxy groups -OCH3 is 1. The van der Waals surface area contributed by atoms with E-state index in [1.807, 2.05) is 37.4 Å². The Bertz CT molecular complexity index is 974. The van der Waals surface area contributed by atoms with Crippen LogP contribution in [0.3, 0.4) is 0 Å². The normalized spacial score (nSPS) is 14.9. The molecule has 1 aliphatic carbocycles. The van der Waals surface area contributed by atoms with Crippen LogP contribution in [0.2, 0.25) is 0 Å². The van der Waals surface area contributed by atoms with E-state index in [1.165, 1.54) is 0 Å². The lowest BCUT2D eigenvalue weighted by molar-refractivity contribution is 0.0937. The van der Waals surface area contributed by atoms with Crippen LogP contribution in [0.5, 0.6) is 5.75 Å². The van der Waals surface area contributed by atoms with E-state index in [9.17, 15) is 4.79 Å². The van der Waals surface area contributed by atoms with Gasteiger partial charge in [0.1, 0.15) is 5.75 Å². The Hall–Kier alpha value is -2.89. The fraction of sp³-hybridized carbons (Fsp3) is 0.381. The molecule has 1 unspecified atom stereocenters. The van der Waals surface area contributed by atoms with Gasteiger partial charge in [0.05, 0.1) is 30.3 Å². The average molecular weight is 364 g/mol. The summed E-state index contributed by atoms with van der Waals surface area (Å²) in [4.78, 5) is 17.9. The number of rotatable bonds is 6. The molecule has 1 N–H and O–H groups in total. The molecule has 0 radical (unpaired) electrons. The van der Waals surface area contributed by atoms with Crippen LogP contribution in [-0.4, -0.2) is 27.8 Å². The van der Waals surface area contributed by atoms with Gasteiger partial charge in [0.25, 0.3) is 5.91 Å². The van der Waals surface area contributed by atoms with Crippen LogP contribution >= 0.6 is 0 Å². The lowest BCUT2D eigenvalue weighted by atomic mass is 10.0. The van der Waals surface area contributed by atoms with E-state index in [0.29, 0.717) is 11.5 Å². The number of hydrogen-bond acceptors (Lipinski definition) is 4. The molecule has 3 aromatic rings. The summed E-state index contributed by atoms with van der Waals surface area (Å²) in [7, 11) is 3.51. The summed E-state index contributed by atoms with van der Waals surface area (Å²) in [6.07, 6.45) is 4.80. The summed E-state index contributed by atoms with van der Waals surface area (Å²) < 4.78 is 6.96. The Morgan fingerprint density at radius 3 is 2.70 bits per heavy atom. The number of ether oxygens (including phenoxy) is 1. The second-order valence-electron chi connectivity index (χ2n) is 7.08. The van der Waals surface area contributed by atoms with Crippen LogP contribution in [0.15, 0.2) is 36.5 Å². The monoisotopic (exact) mass is 364 g/mol. The van der Waals surface area contributed by atoms with Gasteiger partial charge in [0, 0.05) is 18.7 Å². The van der Waals surface area contributed by atoms with Crippen LogP contribution in [0, 0.1) is 0 Å². The number of pyridine rings is 1. The topological polar surface area (TPSA) is 69.0 Å². The van der Waals surface area contributed by atoms with Gasteiger partial charge in [0.2, 0.25) is 0 Å². The van der Waals surface area contributed by atoms with Gasteiger partial charge in [-0.15, -0.1) is 0 Å². The van der Waals surface area contributed by atoms with Crippen molar-refractivity contribution < 1.29 is 9.53 Å².